The molecule has 3 nitrogen and oxygen atoms in total. The predicted octanol–water partition coefficient (Wildman–Crippen LogP) is 3.34. The normalized spacial score (nSPS) is 29.8. The lowest BCUT2D eigenvalue weighted by Crippen LogP contribution is -2.27. The largest absolute Gasteiger partial charge is 0.223 e. The van der Waals surface area contributed by atoms with Gasteiger partial charge < -0.3 is 0 Å². The molecule has 0 N–H and O–H groups in total. The molecular weight excluding hydrogens is 270 g/mol. The zero-order valence-electron chi connectivity index (χ0n) is 12.6. The van der Waals surface area contributed by atoms with Crippen molar-refractivity contribution in [1.29, 1.82) is 5.26 Å². The molecule has 1 aliphatic rings. The van der Waals surface area contributed by atoms with E-state index in [0.717, 1.165) is 5.56 Å². The smallest absolute Gasteiger partial charge is 0.183 e. The summed E-state index contributed by atoms with van der Waals surface area (Å²) in [6, 6.07) is 9.17. The van der Waals surface area contributed by atoms with Crippen LogP contribution in [0, 0.1) is 35.0 Å². The lowest BCUT2D eigenvalue weighted by atomic mass is 9.77. The van der Waals surface area contributed by atoms with Gasteiger partial charge in [0.25, 0.3) is 0 Å². The van der Waals surface area contributed by atoms with Crippen molar-refractivity contribution in [3.8, 4) is 6.07 Å². The van der Waals surface area contributed by atoms with E-state index in [9.17, 15) is 13.7 Å². The summed E-state index contributed by atoms with van der Waals surface area (Å²) in [6.07, 6.45) is 0. The van der Waals surface area contributed by atoms with Crippen molar-refractivity contribution in [2.24, 2.45) is 16.7 Å². The van der Waals surface area contributed by atoms with E-state index in [2.05, 4.69) is 6.07 Å². The Balaban J connectivity index is 2.48. The Morgan fingerprint density at radius 1 is 1.20 bits per heavy atom. The summed E-state index contributed by atoms with van der Waals surface area (Å²) in [5.74, 6) is -0.140. The lowest BCUT2D eigenvalue weighted by molar-refractivity contribution is 0.261. The SMILES string of the molecule is Cc1ccc(S(=O)(=O)[C@H]2[C@H](C)[C@]2(C#N)C(C)(C)C)cc1. The molecule has 1 saturated carbocycles. The van der Waals surface area contributed by atoms with Crippen LogP contribution in [0.3, 0.4) is 0 Å². The van der Waals surface area contributed by atoms with E-state index in [1.165, 1.54) is 0 Å². The Kier molecular flexibility index (Phi) is 3.26. The minimum Gasteiger partial charge on any atom is -0.223 e. The standard InChI is InChI=1S/C16H21NO2S/c1-11-6-8-13(9-7-11)20(18,19)14-12(2)16(14,10-17)15(3,4)5/h6-9,12,14H,1-5H3/t12-,14-,16-/m0/s1. The van der Waals surface area contributed by atoms with Crippen molar-refractivity contribution >= 4 is 9.84 Å². The van der Waals surface area contributed by atoms with E-state index in [-0.39, 0.29) is 11.3 Å². The molecule has 1 aliphatic carbocycles. The highest BCUT2D eigenvalue weighted by Gasteiger charge is 2.73. The maximum Gasteiger partial charge on any atom is 0.183 e. The quantitative estimate of drug-likeness (QED) is 0.839. The molecule has 0 amide bonds. The van der Waals surface area contributed by atoms with Gasteiger partial charge in [-0.1, -0.05) is 45.4 Å². The molecule has 0 radical (unpaired) electrons. The van der Waals surface area contributed by atoms with Crippen LogP contribution in [-0.4, -0.2) is 13.7 Å². The maximum absolute atomic E-state index is 12.8. The Labute approximate surface area is 121 Å². The molecule has 2 rings (SSSR count). The Morgan fingerprint density at radius 2 is 1.70 bits per heavy atom. The molecule has 0 aliphatic heterocycles. The van der Waals surface area contributed by atoms with Gasteiger partial charge in [-0.05, 0) is 30.4 Å². The van der Waals surface area contributed by atoms with Gasteiger partial charge >= 0.3 is 0 Å². The number of aryl methyl sites for hydroxylation is 1. The molecule has 0 bridgehead atoms. The van der Waals surface area contributed by atoms with E-state index >= 15 is 0 Å². The Bertz CT molecular complexity index is 662. The zero-order chi connectivity index (χ0) is 15.3. The van der Waals surface area contributed by atoms with Gasteiger partial charge in [0.2, 0.25) is 0 Å². The fourth-order valence-electron chi connectivity index (χ4n) is 3.35. The third-order valence-electron chi connectivity index (χ3n) is 4.62. The van der Waals surface area contributed by atoms with Crippen LogP contribution >= 0.6 is 0 Å². The van der Waals surface area contributed by atoms with Crippen molar-refractivity contribution in [2.75, 3.05) is 0 Å². The minimum absolute atomic E-state index is 0.140. The highest BCUT2D eigenvalue weighted by molar-refractivity contribution is 7.92. The molecule has 0 aromatic heterocycles. The van der Waals surface area contributed by atoms with Crippen LogP contribution in [0.25, 0.3) is 0 Å². The first-order valence-electron chi connectivity index (χ1n) is 6.81. The van der Waals surface area contributed by atoms with E-state index in [1.54, 1.807) is 24.3 Å². The molecule has 1 aromatic rings. The predicted molar refractivity (Wildman–Crippen MR) is 78.8 cm³/mol. The van der Waals surface area contributed by atoms with Crippen molar-refractivity contribution in [3.63, 3.8) is 0 Å². The number of nitriles is 1. The van der Waals surface area contributed by atoms with Crippen LogP contribution in [0.15, 0.2) is 29.2 Å². The molecule has 1 aromatic carbocycles. The molecule has 3 atom stereocenters. The van der Waals surface area contributed by atoms with Gasteiger partial charge in [0, 0.05) is 0 Å². The summed E-state index contributed by atoms with van der Waals surface area (Å²) in [6.45, 7) is 9.61. The van der Waals surface area contributed by atoms with Gasteiger partial charge in [0.1, 0.15) is 0 Å². The molecule has 20 heavy (non-hydrogen) atoms. The second-order valence-corrected chi connectivity index (χ2v) is 8.87. The van der Waals surface area contributed by atoms with Crippen LogP contribution in [-0.2, 0) is 9.84 Å². The van der Waals surface area contributed by atoms with E-state index in [0.29, 0.717) is 4.90 Å². The second-order valence-electron chi connectivity index (χ2n) is 6.80. The zero-order valence-corrected chi connectivity index (χ0v) is 13.5. The van der Waals surface area contributed by atoms with E-state index in [1.807, 2.05) is 34.6 Å². The van der Waals surface area contributed by atoms with E-state index in [4.69, 9.17) is 0 Å². The monoisotopic (exact) mass is 291 g/mol. The summed E-state index contributed by atoms with van der Waals surface area (Å²) in [4.78, 5) is 0.321. The molecule has 4 heteroatoms. The number of hydrogen-bond donors (Lipinski definition) is 0. The second kappa shape index (κ2) is 4.33. The summed E-state index contributed by atoms with van der Waals surface area (Å²) in [5, 5.41) is 8.96. The molecule has 0 spiro atoms. The summed E-state index contributed by atoms with van der Waals surface area (Å²) in [7, 11) is -3.46. The first-order valence-corrected chi connectivity index (χ1v) is 8.35. The van der Waals surface area contributed by atoms with Gasteiger partial charge in [-0.3, -0.25) is 0 Å². The summed E-state index contributed by atoms with van der Waals surface area (Å²) < 4.78 is 25.6. The Morgan fingerprint density at radius 3 is 2.05 bits per heavy atom. The number of hydrogen-bond acceptors (Lipinski definition) is 3. The maximum atomic E-state index is 12.8. The number of sulfone groups is 1. The van der Waals surface area contributed by atoms with Crippen LogP contribution in [0.2, 0.25) is 0 Å². The molecule has 1 fully saturated rings. The minimum atomic E-state index is -3.46. The van der Waals surface area contributed by atoms with Crippen LogP contribution in [0.4, 0.5) is 0 Å². The summed E-state index contributed by atoms with van der Waals surface area (Å²) >= 11 is 0. The molecule has 108 valence electrons. The first-order chi connectivity index (χ1) is 9.09. The lowest BCUT2D eigenvalue weighted by Gasteiger charge is -2.26. The number of rotatable bonds is 2. The average molecular weight is 291 g/mol. The van der Waals surface area contributed by atoms with Crippen molar-refractivity contribution in [3.05, 3.63) is 29.8 Å². The average Bonchev–Trinajstić information content (AvgIpc) is 2.97. The third kappa shape index (κ3) is 1.88. The summed E-state index contributed by atoms with van der Waals surface area (Å²) in [5.41, 5.74) is -0.129. The van der Waals surface area contributed by atoms with Gasteiger partial charge in [-0.2, -0.15) is 5.26 Å². The van der Waals surface area contributed by atoms with Gasteiger partial charge in [0.15, 0.2) is 9.84 Å². The van der Waals surface area contributed by atoms with E-state index < -0.39 is 20.5 Å². The third-order valence-corrected chi connectivity index (χ3v) is 7.00. The molecule has 0 unspecified atom stereocenters. The molecular formula is C16H21NO2S. The van der Waals surface area contributed by atoms with Gasteiger partial charge in [-0.25, -0.2) is 8.42 Å². The van der Waals surface area contributed by atoms with Crippen LogP contribution in [0.5, 0.6) is 0 Å². The fraction of sp³-hybridized carbons (Fsp3) is 0.562. The fourth-order valence-corrected chi connectivity index (χ4v) is 5.95. The first kappa shape index (κ1) is 15.1. The van der Waals surface area contributed by atoms with Gasteiger partial charge in [-0.15, -0.1) is 0 Å². The van der Waals surface area contributed by atoms with Crippen LogP contribution < -0.4 is 0 Å². The van der Waals surface area contributed by atoms with Crippen molar-refractivity contribution < 1.29 is 8.42 Å². The van der Waals surface area contributed by atoms with Crippen molar-refractivity contribution in [2.45, 2.75) is 44.8 Å². The highest BCUT2D eigenvalue weighted by Crippen LogP contribution is 2.66. The number of benzene rings is 1. The highest BCUT2D eigenvalue weighted by atomic mass is 32.2. The Hall–Kier alpha value is -1.34. The van der Waals surface area contributed by atoms with Crippen LogP contribution in [0.1, 0.15) is 33.3 Å². The van der Waals surface area contributed by atoms with Crippen molar-refractivity contribution in [1.82, 2.24) is 0 Å². The topological polar surface area (TPSA) is 57.9 Å². The molecule has 0 heterocycles. The van der Waals surface area contributed by atoms with Gasteiger partial charge in [0.05, 0.1) is 21.6 Å². The molecule has 0 saturated heterocycles. The number of nitrogens with zero attached hydrogens (tertiary/aromatic N) is 1.